The molecule has 0 saturated carbocycles. The van der Waals surface area contributed by atoms with E-state index in [-0.39, 0.29) is 0 Å². The van der Waals surface area contributed by atoms with Crippen LogP contribution in [0.15, 0.2) is 182 Å². The van der Waals surface area contributed by atoms with Crippen molar-refractivity contribution in [1.82, 2.24) is 29.9 Å². The van der Waals surface area contributed by atoms with Gasteiger partial charge in [0, 0.05) is 22.1 Å². The molecule has 2 heterocycles. The third kappa shape index (κ3) is 5.69. The molecule has 10 rings (SSSR count). The first-order valence-electron chi connectivity index (χ1n) is 17.6. The fourth-order valence-corrected chi connectivity index (χ4v) is 6.99. The number of nitrogens with zero attached hydrogens (tertiary/aromatic N) is 6. The molecule has 0 N–H and O–H groups in total. The lowest BCUT2D eigenvalue weighted by Gasteiger charge is -2.11. The lowest BCUT2D eigenvalue weighted by atomic mass is 9.99. The van der Waals surface area contributed by atoms with E-state index < -0.39 is 0 Å². The van der Waals surface area contributed by atoms with Crippen molar-refractivity contribution in [1.29, 1.82) is 0 Å². The monoisotopic (exact) mass is 678 g/mol. The van der Waals surface area contributed by atoms with Crippen LogP contribution in [0.3, 0.4) is 0 Å². The highest BCUT2D eigenvalue weighted by Gasteiger charge is 2.16. The van der Waals surface area contributed by atoms with Crippen LogP contribution in [-0.4, -0.2) is 29.9 Å². The number of para-hydroxylation sites is 1. The Hall–Kier alpha value is -7.31. The molecule has 0 aliphatic carbocycles. The topological polar surface area (TPSA) is 69.4 Å². The molecular formula is C47H30N6. The van der Waals surface area contributed by atoms with Crippen LogP contribution in [0.2, 0.25) is 0 Å². The molecule has 0 radical (unpaired) electrons. The summed E-state index contributed by atoms with van der Waals surface area (Å²) in [6, 6.07) is 62.5. The summed E-state index contributed by atoms with van der Waals surface area (Å²) in [5, 5.41) is 14.1. The van der Waals surface area contributed by atoms with Crippen LogP contribution < -0.4 is 0 Å². The van der Waals surface area contributed by atoms with E-state index in [1.807, 2.05) is 48.5 Å². The van der Waals surface area contributed by atoms with Gasteiger partial charge in [0.15, 0.2) is 17.5 Å². The predicted molar refractivity (Wildman–Crippen MR) is 214 cm³/mol. The predicted octanol–water partition coefficient (Wildman–Crippen LogP) is 11.2. The fraction of sp³-hybridized carbons (Fsp3) is 0. The summed E-state index contributed by atoms with van der Waals surface area (Å²) < 4.78 is 0. The molecule has 6 nitrogen and oxygen atoms in total. The van der Waals surface area contributed by atoms with Gasteiger partial charge < -0.3 is 0 Å². The van der Waals surface area contributed by atoms with Crippen LogP contribution in [0.25, 0.3) is 94.7 Å². The molecule has 2 aromatic heterocycles. The highest BCUT2D eigenvalue weighted by molar-refractivity contribution is 6.18. The molecule has 0 spiro atoms. The van der Waals surface area contributed by atoms with Gasteiger partial charge in [-0.2, -0.15) is 4.80 Å². The Bertz CT molecular complexity index is 2800. The largest absolute Gasteiger partial charge is 0.208 e. The van der Waals surface area contributed by atoms with E-state index in [2.05, 4.69) is 133 Å². The highest BCUT2D eigenvalue weighted by atomic mass is 15.5. The number of hydrogen-bond acceptors (Lipinski definition) is 5. The lowest BCUT2D eigenvalue weighted by Crippen LogP contribution is -2.00. The Kier molecular flexibility index (Phi) is 7.36. The summed E-state index contributed by atoms with van der Waals surface area (Å²) in [4.78, 5) is 16.9. The maximum absolute atomic E-state index is 5.08. The van der Waals surface area contributed by atoms with Crippen LogP contribution in [0.5, 0.6) is 0 Å². The molecule has 0 aliphatic rings. The third-order valence-electron chi connectivity index (χ3n) is 9.73. The Balaban J connectivity index is 1.09. The van der Waals surface area contributed by atoms with Crippen LogP contribution >= 0.6 is 0 Å². The second-order valence-electron chi connectivity index (χ2n) is 13.1. The minimum Gasteiger partial charge on any atom is -0.208 e. The van der Waals surface area contributed by atoms with Crippen LogP contribution in [0, 0.1) is 0 Å². The summed E-state index contributed by atoms with van der Waals surface area (Å²) in [6.45, 7) is 0. The zero-order chi connectivity index (χ0) is 35.1. The second kappa shape index (κ2) is 12.8. The Morgan fingerprint density at radius 3 is 1.38 bits per heavy atom. The first-order chi connectivity index (χ1) is 26.2. The summed E-state index contributed by atoms with van der Waals surface area (Å²) >= 11 is 0. The van der Waals surface area contributed by atoms with Crippen molar-refractivity contribution in [3.8, 4) is 62.1 Å². The van der Waals surface area contributed by atoms with Gasteiger partial charge in [0.1, 0.15) is 11.0 Å². The molecule has 248 valence electrons. The molecule has 0 amide bonds. The van der Waals surface area contributed by atoms with E-state index >= 15 is 0 Å². The molecule has 8 aromatic carbocycles. The van der Waals surface area contributed by atoms with E-state index in [4.69, 9.17) is 25.1 Å². The molecule has 0 aliphatic heterocycles. The molecule has 0 saturated heterocycles. The SMILES string of the molecule is c1ccc(-c2ccc(-c3nc(-c4ccc(-c5ccccc5)cc4)nc(-c4ccc5c(ccc6ccc7nn(-c8ccccc8)nc7c65)c4)n3)cc2)cc1. The molecule has 0 fully saturated rings. The molecule has 53 heavy (non-hydrogen) atoms. The van der Waals surface area contributed by atoms with Gasteiger partial charge in [-0.1, -0.05) is 158 Å². The lowest BCUT2D eigenvalue weighted by molar-refractivity contribution is 0.766. The Morgan fingerprint density at radius 1 is 0.340 bits per heavy atom. The maximum atomic E-state index is 5.08. The van der Waals surface area contributed by atoms with Gasteiger partial charge in [0.2, 0.25) is 0 Å². The van der Waals surface area contributed by atoms with E-state index in [0.29, 0.717) is 17.5 Å². The molecule has 10 aromatic rings. The second-order valence-corrected chi connectivity index (χ2v) is 13.1. The van der Waals surface area contributed by atoms with Gasteiger partial charge in [-0.3, -0.25) is 0 Å². The van der Waals surface area contributed by atoms with Gasteiger partial charge >= 0.3 is 0 Å². The van der Waals surface area contributed by atoms with Crippen molar-refractivity contribution >= 4 is 32.6 Å². The maximum Gasteiger partial charge on any atom is 0.164 e. The first kappa shape index (κ1) is 30.5. The smallest absolute Gasteiger partial charge is 0.164 e. The minimum atomic E-state index is 0.611. The number of rotatable bonds is 6. The summed E-state index contributed by atoms with van der Waals surface area (Å²) in [5.74, 6) is 1.85. The third-order valence-corrected chi connectivity index (χ3v) is 9.73. The minimum absolute atomic E-state index is 0.611. The van der Waals surface area contributed by atoms with E-state index in [9.17, 15) is 0 Å². The molecule has 0 unspecified atom stereocenters. The first-order valence-corrected chi connectivity index (χ1v) is 17.6. The van der Waals surface area contributed by atoms with Crippen molar-refractivity contribution in [3.05, 3.63) is 182 Å². The fourth-order valence-electron chi connectivity index (χ4n) is 6.99. The highest BCUT2D eigenvalue weighted by Crippen LogP contribution is 2.34. The van der Waals surface area contributed by atoms with Gasteiger partial charge in [-0.25, -0.2) is 15.0 Å². The van der Waals surface area contributed by atoms with Gasteiger partial charge in [0.25, 0.3) is 0 Å². The Labute approximate surface area is 305 Å². The van der Waals surface area contributed by atoms with E-state index in [1.54, 1.807) is 4.80 Å². The van der Waals surface area contributed by atoms with E-state index in [1.165, 1.54) is 0 Å². The van der Waals surface area contributed by atoms with Gasteiger partial charge in [-0.05, 0) is 62.7 Å². The standard InChI is InChI=1S/C47H30N6/c1-4-10-31(11-5-1)33-16-21-36(22-17-33)45-48-46(37-23-18-34(19-24-37)32-12-6-2-7-13-32)50-47(49-45)39-26-28-41-38(30-39)25-20-35-27-29-42-44(43(35)41)52-53(51-42)40-14-8-3-9-15-40/h1-30H. The number of hydrogen-bond donors (Lipinski definition) is 0. The normalized spacial score (nSPS) is 11.4. The van der Waals surface area contributed by atoms with Crippen molar-refractivity contribution in [3.63, 3.8) is 0 Å². The number of aromatic nitrogens is 6. The van der Waals surface area contributed by atoms with E-state index in [0.717, 1.165) is 77.2 Å². The van der Waals surface area contributed by atoms with Crippen LogP contribution in [0.4, 0.5) is 0 Å². The summed E-state index contributed by atoms with van der Waals surface area (Å²) in [7, 11) is 0. The van der Waals surface area contributed by atoms with Crippen molar-refractivity contribution in [2.75, 3.05) is 0 Å². The van der Waals surface area contributed by atoms with Crippen LogP contribution in [0.1, 0.15) is 0 Å². The average Bonchev–Trinajstić information content (AvgIpc) is 3.69. The molecule has 0 atom stereocenters. The molecular weight excluding hydrogens is 649 g/mol. The van der Waals surface area contributed by atoms with Gasteiger partial charge in [-0.15, -0.1) is 10.2 Å². The Morgan fingerprint density at radius 2 is 0.792 bits per heavy atom. The van der Waals surface area contributed by atoms with Gasteiger partial charge in [0.05, 0.1) is 5.69 Å². The van der Waals surface area contributed by atoms with Crippen molar-refractivity contribution in [2.45, 2.75) is 0 Å². The summed E-state index contributed by atoms with van der Waals surface area (Å²) in [5.41, 5.74) is 10.00. The summed E-state index contributed by atoms with van der Waals surface area (Å²) in [6.07, 6.45) is 0. The molecule has 0 bridgehead atoms. The zero-order valence-corrected chi connectivity index (χ0v) is 28.5. The van der Waals surface area contributed by atoms with Crippen LogP contribution in [-0.2, 0) is 0 Å². The average molecular weight is 679 g/mol. The van der Waals surface area contributed by atoms with Crippen molar-refractivity contribution < 1.29 is 0 Å². The zero-order valence-electron chi connectivity index (χ0n) is 28.5. The number of benzene rings is 8. The van der Waals surface area contributed by atoms with Crippen molar-refractivity contribution in [2.24, 2.45) is 0 Å². The molecule has 6 heteroatoms. The number of fused-ring (bicyclic) bond motifs is 5. The quantitative estimate of drug-likeness (QED) is 0.164.